The topological polar surface area (TPSA) is 70.7 Å². The van der Waals surface area contributed by atoms with E-state index in [1.54, 1.807) is 18.6 Å². The molecule has 2 aromatic heterocycles. The number of rotatable bonds is 6. The Morgan fingerprint density at radius 3 is 2.89 bits per heavy atom. The lowest BCUT2D eigenvalue weighted by Crippen LogP contribution is -2.29. The largest absolute Gasteiger partial charge is 0.347 e. The predicted octanol–water partition coefficient (Wildman–Crippen LogP) is 2.00. The molecule has 1 unspecified atom stereocenters. The Hall–Kier alpha value is -2.17. The highest BCUT2D eigenvalue weighted by molar-refractivity contribution is 5.76. The van der Waals surface area contributed by atoms with Crippen LogP contribution < -0.4 is 5.32 Å². The van der Waals surface area contributed by atoms with Crippen molar-refractivity contribution in [1.29, 1.82) is 0 Å². The monoisotopic (exact) mass is 258 g/mol. The molecule has 0 saturated heterocycles. The quantitative estimate of drug-likeness (QED) is 0.832. The van der Waals surface area contributed by atoms with Crippen molar-refractivity contribution in [2.75, 3.05) is 0 Å². The molecule has 1 amide bonds. The van der Waals surface area contributed by atoms with Crippen molar-refractivity contribution in [3.63, 3.8) is 0 Å². The minimum absolute atomic E-state index is 0.0221. The molecule has 5 heteroatoms. The molecule has 0 bridgehead atoms. The summed E-state index contributed by atoms with van der Waals surface area (Å²) in [5.41, 5.74) is 0.934. The maximum absolute atomic E-state index is 11.9. The van der Waals surface area contributed by atoms with Gasteiger partial charge in [0.1, 0.15) is 5.82 Å². The first-order valence-electron chi connectivity index (χ1n) is 6.48. The fraction of sp³-hybridized carbons (Fsp3) is 0.357. The summed E-state index contributed by atoms with van der Waals surface area (Å²) in [7, 11) is 0. The average molecular weight is 258 g/mol. The number of carbonyl (C=O) groups excluding carboxylic acids is 1. The van der Waals surface area contributed by atoms with E-state index < -0.39 is 0 Å². The van der Waals surface area contributed by atoms with Crippen molar-refractivity contribution >= 4 is 5.91 Å². The van der Waals surface area contributed by atoms with Gasteiger partial charge in [-0.05, 0) is 25.0 Å². The van der Waals surface area contributed by atoms with Gasteiger partial charge in [-0.15, -0.1) is 0 Å². The highest BCUT2D eigenvalue weighted by Gasteiger charge is 2.14. The Bertz CT molecular complexity index is 495. The van der Waals surface area contributed by atoms with Crippen molar-refractivity contribution in [2.24, 2.45) is 0 Å². The number of aromatic amines is 1. The molecule has 0 aliphatic rings. The maximum Gasteiger partial charge on any atom is 0.220 e. The number of hydrogen-bond acceptors (Lipinski definition) is 3. The van der Waals surface area contributed by atoms with Gasteiger partial charge in [0.2, 0.25) is 5.91 Å². The number of carbonyl (C=O) groups is 1. The number of imidazole rings is 1. The highest BCUT2D eigenvalue weighted by Crippen LogP contribution is 2.11. The molecular weight excluding hydrogens is 240 g/mol. The Labute approximate surface area is 112 Å². The zero-order chi connectivity index (χ0) is 13.5. The number of pyridine rings is 1. The van der Waals surface area contributed by atoms with E-state index in [9.17, 15) is 4.79 Å². The number of aryl methyl sites for hydroxylation is 1. The summed E-state index contributed by atoms with van der Waals surface area (Å²) in [6.45, 7) is 2.02. The Balaban J connectivity index is 1.84. The summed E-state index contributed by atoms with van der Waals surface area (Å²) in [6, 6.07) is 5.68. The summed E-state index contributed by atoms with van der Waals surface area (Å²) in [6.07, 6.45) is 7.10. The van der Waals surface area contributed by atoms with Crippen LogP contribution >= 0.6 is 0 Å². The summed E-state index contributed by atoms with van der Waals surface area (Å²) in [5.74, 6) is 0.822. The first-order chi connectivity index (χ1) is 9.29. The van der Waals surface area contributed by atoms with Crippen LogP contribution in [0.4, 0.5) is 0 Å². The van der Waals surface area contributed by atoms with Crippen molar-refractivity contribution in [3.05, 3.63) is 48.3 Å². The summed E-state index contributed by atoms with van der Waals surface area (Å²) in [5, 5.41) is 2.98. The SMILES string of the molecule is CCC(NC(=O)CCc1ccccn1)c1ncc[nH]1. The van der Waals surface area contributed by atoms with Gasteiger partial charge in [-0.25, -0.2) is 4.98 Å². The second-order valence-electron chi connectivity index (χ2n) is 4.32. The first kappa shape index (κ1) is 13.3. The van der Waals surface area contributed by atoms with Crippen LogP contribution in [-0.2, 0) is 11.2 Å². The highest BCUT2D eigenvalue weighted by atomic mass is 16.1. The molecule has 0 aromatic carbocycles. The van der Waals surface area contributed by atoms with Crippen LogP contribution in [0.15, 0.2) is 36.8 Å². The third-order valence-electron chi connectivity index (χ3n) is 2.93. The average Bonchev–Trinajstić information content (AvgIpc) is 2.97. The molecule has 0 spiro atoms. The van der Waals surface area contributed by atoms with Crippen LogP contribution in [0.3, 0.4) is 0 Å². The van der Waals surface area contributed by atoms with Gasteiger partial charge in [0.15, 0.2) is 0 Å². The van der Waals surface area contributed by atoms with Gasteiger partial charge in [-0.2, -0.15) is 0 Å². The van der Waals surface area contributed by atoms with E-state index in [1.165, 1.54) is 0 Å². The normalized spacial score (nSPS) is 12.1. The molecule has 19 heavy (non-hydrogen) atoms. The van der Waals surface area contributed by atoms with Crippen LogP contribution in [0.2, 0.25) is 0 Å². The molecular formula is C14H18N4O. The number of nitrogens with one attached hydrogen (secondary N) is 2. The minimum Gasteiger partial charge on any atom is -0.347 e. The second-order valence-corrected chi connectivity index (χ2v) is 4.32. The third-order valence-corrected chi connectivity index (χ3v) is 2.93. The van der Waals surface area contributed by atoms with E-state index in [4.69, 9.17) is 0 Å². The molecule has 5 nitrogen and oxygen atoms in total. The number of nitrogens with zero attached hydrogens (tertiary/aromatic N) is 2. The van der Waals surface area contributed by atoms with Crippen LogP contribution in [-0.4, -0.2) is 20.9 Å². The number of hydrogen-bond donors (Lipinski definition) is 2. The molecule has 2 rings (SSSR count). The van der Waals surface area contributed by atoms with Crippen LogP contribution in [0, 0.1) is 0 Å². The van der Waals surface area contributed by atoms with E-state index in [-0.39, 0.29) is 11.9 Å². The second kappa shape index (κ2) is 6.68. The fourth-order valence-corrected chi connectivity index (χ4v) is 1.89. The van der Waals surface area contributed by atoms with Crippen LogP contribution in [0.1, 0.15) is 37.3 Å². The maximum atomic E-state index is 11.9. The van der Waals surface area contributed by atoms with Crippen molar-refractivity contribution in [2.45, 2.75) is 32.2 Å². The van der Waals surface area contributed by atoms with Gasteiger partial charge < -0.3 is 10.3 Å². The van der Waals surface area contributed by atoms with Crippen molar-refractivity contribution in [1.82, 2.24) is 20.3 Å². The molecule has 0 aliphatic carbocycles. The van der Waals surface area contributed by atoms with Gasteiger partial charge in [-0.1, -0.05) is 13.0 Å². The van der Waals surface area contributed by atoms with E-state index >= 15 is 0 Å². The molecule has 0 aliphatic heterocycles. The summed E-state index contributed by atoms with van der Waals surface area (Å²) in [4.78, 5) is 23.3. The minimum atomic E-state index is -0.0498. The molecule has 2 N–H and O–H groups in total. The van der Waals surface area contributed by atoms with Crippen molar-refractivity contribution < 1.29 is 4.79 Å². The number of aromatic nitrogens is 3. The van der Waals surface area contributed by atoms with Crippen molar-refractivity contribution in [3.8, 4) is 0 Å². The summed E-state index contributed by atoms with van der Waals surface area (Å²) < 4.78 is 0. The van der Waals surface area contributed by atoms with E-state index in [1.807, 2.05) is 25.1 Å². The van der Waals surface area contributed by atoms with Gasteiger partial charge in [0, 0.05) is 30.7 Å². The van der Waals surface area contributed by atoms with E-state index in [0.717, 1.165) is 17.9 Å². The third kappa shape index (κ3) is 3.91. The first-order valence-corrected chi connectivity index (χ1v) is 6.48. The predicted molar refractivity (Wildman–Crippen MR) is 72.3 cm³/mol. The smallest absolute Gasteiger partial charge is 0.220 e. The Morgan fingerprint density at radius 1 is 1.37 bits per heavy atom. The number of H-pyrrole nitrogens is 1. The zero-order valence-corrected chi connectivity index (χ0v) is 11.0. The standard InChI is InChI=1S/C14H18N4O/c1-2-12(14-16-9-10-17-14)18-13(19)7-6-11-5-3-4-8-15-11/h3-5,8-10,12H,2,6-7H2,1H3,(H,16,17)(H,18,19). The fourth-order valence-electron chi connectivity index (χ4n) is 1.89. The number of amides is 1. The molecule has 0 radical (unpaired) electrons. The van der Waals surface area contributed by atoms with E-state index in [2.05, 4.69) is 20.3 Å². The van der Waals surface area contributed by atoms with Gasteiger partial charge in [-0.3, -0.25) is 9.78 Å². The molecule has 0 fully saturated rings. The lowest BCUT2D eigenvalue weighted by molar-refractivity contribution is -0.121. The Kier molecular flexibility index (Phi) is 4.66. The molecule has 100 valence electrons. The summed E-state index contributed by atoms with van der Waals surface area (Å²) >= 11 is 0. The lowest BCUT2D eigenvalue weighted by Gasteiger charge is -2.14. The molecule has 1 atom stereocenters. The van der Waals surface area contributed by atoms with Crippen LogP contribution in [0.25, 0.3) is 0 Å². The molecule has 2 heterocycles. The lowest BCUT2D eigenvalue weighted by atomic mass is 10.1. The van der Waals surface area contributed by atoms with E-state index in [0.29, 0.717) is 12.8 Å². The van der Waals surface area contributed by atoms with Gasteiger partial charge in [0.25, 0.3) is 0 Å². The Morgan fingerprint density at radius 2 is 2.26 bits per heavy atom. The van der Waals surface area contributed by atoms with Gasteiger partial charge >= 0.3 is 0 Å². The molecule has 0 saturated carbocycles. The van der Waals surface area contributed by atoms with Gasteiger partial charge in [0.05, 0.1) is 6.04 Å². The zero-order valence-electron chi connectivity index (χ0n) is 11.0. The van der Waals surface area contributed by atoms with Crippen LogP contribution in [0.5, 0.6) is 0 Å². The molecule has 2 aromatic rings.